The molecule has 1 aromatic heterocycles. The van der Waals surface area contributed by atoms with Crippen molar-refractivity contribution < 1.29 is 18.0 Å². The van der Waals surface area contributed by atoms with Gasteiger partial charge in [-0.2, -0.15) is 13.2 Å². The molecule has 1 aliphatic rings. The van der Waals surface area contributed by atoms with Gasteiger partial charge in [0.2, 0.25) is 0 Å². The second-order valence-electron chi connectivity index (χ2n) is 6.96. The van der Waals surface area contributed by atoms with Crippen LogP contribution in [0, 0.1) is 0 Å². The van der Waals surface area contributed by atoms with Crippen LogP contribution in [-0.4, -0.2) is 15.9 Å². The van der Waals surface area contributed by atoms with Crippen LogP contribution in [0.25, 0.3) is 11.4 Å². The molecule has 0 aliphatic heterocycles. The minimum absolute atomic E-state index is 0.0502. The summed E-state index contributed by atoms with van der Waals surface area (Å²) in [5, 5.41) is 2.83. The number of carbonyl (C=O) groups excluding carboxylic acids is 1. The fourth-order valence-corrected chi connectivity index (χ4v) is 3.18. The number of nitrogens with one attached hydrogen (secondary N) is 2. The predicted molar refractivity (Wildman–Crippen MR) is 100 cm³/mol. The highest BCUT2D eigenvalue weighted by Crippen LogP contribution is 2.46. The molecule has 3 aromatic rings. The van der Waals surface area contributed by atoms with E-state index in [2.05, 4.69) is 15.3 Å². The molecule has 0 saturated heterocycles. The fraction of sp³-hybridized carbons (Fsp3) is 0.190. The number of alkyl halides is 3. The Bertz CT molecular complexity index is 1100. The molecule has 2 aromatic carbocycles. The van der Waals surface area contributed by atoms with Crippen molar-refractivity contribution in [3.8, 4) is 11.4 Å². The van der Waals surface area contributed by atoms with E-state index in [-0.39, 0.29) is 11.5 Å². The lowest BCUT2D eigenvalue weighted by Gasteiger charge is -2.18. The maximum absolute atomic E-state index is 12.8. The van der Waals surface area contributed by atoms with E-state index in [4.69, 9.17) is 0 Å². The van der Waals surface area contributed by atoms with Crippen molar-refractivity contribution in [2.45, 2.75) is 24.6 Å². The normalized spacial score (nSPS) is 15.0. The second-order valence-corrected chi connectivity index (χ2v) is 6.96. The van der Waals surface area contributed by atoms with E-state index in [9.17, 15) is 22.8 Å². The topological polar surface area (TPSA) is 74.8 Å². The Morgan fingerprint density at radius 1 is 1.03 bits per heavy atom. The van der Waals surface area contributed by atoms with Crippen molar-refractivity contribution in [3.63, 3.8) is 0 Å². The number of hydrogen-bond acceptors (Lipinski definition) is 3. The van der Waals surface area contributed by atoms with E-state index in [0.717, 1.165) is 18.2 Å². The third-order valence-corrected chi connectivity index (χ3v) is 4.89. The number of amides is 1. The summed E-state index contributed by atoms with van der Waals surface area (Å²) in [4.78, 5) is 31.6. The van der Waals surface area contributed by atoms with E-state index >= 15 is 0 Å². The summed E-state index contributed by atoms with van der Waals surface area (Å²) < 4.78 is 38.3. The van der Waals surface area contributed by atoms with E-state index in [1.165, 1.54) is 12.1 Å². The summed E-state index contributed by atoms with van der Waals surface area (Å²) in [5.74, 6) is -0.284. The number of aromatic nitrogens is 2. The maximum Gasteiger partial charge on any atom is 0.416 e. The van der Waals surface area contributed by atoms with Crippen molar-refractivity contribution >= 4 is 5.91 Å². The average molecular weight is 399 g/mol. The van der Waals surface area contributed by atoms with Crippen molar-refractivity contribution in [1.82, 2.24) is 15.3 Å². The first-order valence-corrected chi connectivity index (χ1v) is 8.94. The first kappa shape index (κ1) is 18.9. The van der Waals surface area contributed by atoms with Gasteiger partial charge >= 0.3 is 6.18 Å². The first-order chi connectivity index (χ1) is 13.8. The lowest BCUT2D eigenvalue weighted by atomic mass is 10.0. The first-order valence-electron chi connectivity index (χ1n) is 8.94. The van der Waals surface area contributed by atoms with Crippen LogP contribution in [-0.2, 0) is 11.7 Å². The molecule has 0 spiro atoms. The largest absolute Gasteiger partial charge is 0.416 e. The van der Waals surface area contributed by atoms with Gasteiger partial charge in [0.05, 0.1) is 11.1 Å². The van der Waals surface area contributed by atoms with Crippen LogP contribution >= 0.6 is 0 Å². The van der Waals surface area contributed by atoms with Crippen molar-refractivity contribution in [2.75, 3.05) is 0 Å². The molecule has 1 aliphatic carbocycles. The third kappa shape index (κ3) is 3.91. The molecule has 4 rings (SSSR count). The Morgan fingerprint density at radius 2 is 1.69 bits per heavy atom. The van der Waals surface area contributed by atoms with Gasteiger partial charge in [-0.05, 0) is 30.5 Å². The molecule has 1 fully saturated rings. The number of aromatic amines is 1. The van der Waals surface area contributed by atoms with Gasteiger partial charge < -0.3 is 10.3 Å². The monoisotopic (exact) mass is 399 g/mol. The molecule has 0 radical (unpaired) electrons. The van der Waals surface area contributed by atoms with Crippen LogP contribution in [0.2, 0.25) is 0 Å². The molecule has 0 unspecified atom stereocenters. The molecule has 29 heavy (non-hydrogen) atoms. The minimum atomic E-state index is -4.42. The SMILES string of the molecule is O=C(NC1(c2ccc(C(F)(F)F)cc2)CC1)c1cc(=O)[nH]c(-c2ccccc2)n1. The average Bonchev–Trinajstić information content (AvgIpc) is 3.48. The molecule has 1 amide bonds. The number of H-pyrrole nitrogens is 1. The number of benzene rings is 2. The Labute approximate surface area is 163 Å². The van der Waals surface area contributed by atoms with Crippen molar-refractivity contribution in [3.05, 3.63) is 87.8 Å². The smallest absolute Gasteiger partial charge is 0.341 e. The molecule has 0 bridgehead atoms. The van der Waals surface area contributed by atoms with E-state index < -0.39 is 28.7 Å². The zero-order valence-electron chi connectivity index (χ0n) is 15.1. The molecular weight excluding hydrogens is 383 g/mol. The molecule has 0 atom stereocenters. The fourth-order valence-electron chi connectivity index (χ4n) is 3.18. The van der Waals surface area contributed by atoms with E-state index in [1.54, 1.807) is 24.3 Å². The molecule has 8 heteroatoms. The van der Waals surface area contributed by atoms with Gasteiger partial charge in [-0.25, -0.2) is 4.98 Å². The molecule has 2 N–H and O–H groups in total. The Morgan fingerprint density at radius 3 is 2.28 bits per heavy atom. The highest BCUT2D eigenvalue weighted by atomic mass is 19.4. The van der Waals surface area contributed by atoms with Crippen LogP contribution in [0.15, 0.2) is 65.5 Å². The van der Waals surface area contributed by atoms with Gasteiger partial charge in [-0.15, -0.1) is 0 Å². The number of halogens is 3. The van der Waals surface area contributed by atoms with Crippen LogP contribution in [0.4, 0.5) is 13.2 Å². The quantitative estimate of drug-likeness (QED) is 0.699. The summed E-state index contributed by atoms with van der Waals surface area (Å²) >= 11 is 0. The van der Waals surface area contributed by atoms with Gasteiger partial charge in [0.1, 0.15) is 11.5 Å². The number of nitrogens with zero attached hydrogens (tertiary/aromatic N) is 1. The van der Waals surface area contributed by atoms with E-state index in [0.29, 0.717) is 24.0 Å². The number of carbonyl (C=O) groups is 1. The second kappa shape index (κ2) is 6.88. The summed E-state index contributed by atoms with van der Waals surface area (Å²) in [7, 11) is 0. The van der Waals surface area contributed by atoms with Gasteiger partial charge in [0.25, 0.3) is 11.5 Å². The van der Waals surface area contributed by atoms with Crippen LogP contribution in [0.1, 0.15) is 34.5 Å². The lowest BCUT2D eigenvalue weighted by molar-refractivity contribution is -0.137. The zero-order chi connectivity index (χ0) is 20.6. The summed E-state index contributed by atoms with van der Waals surface area (Å²) in [6.07, 6.45) is -3.22. The molecule has 1 heterocycles. The maximum atomic E-state index is 12.8. The van der Waals surface area contributed by atoms with E-state index in [1.807, 2.05) is 6.07 Å². The van der Waals surface area contributed by atoms with Gasteiger partial charge in [0.15, 0.2) is 0 Å². The van der Waals surface area contributed by atoms with Crippen molar-refractivity contribution in [2.24, 2.45) is 0 Å². The molecule has 5 nitrogen and oxygen atoms in total. The Balaban J connectivity index is 1.58. The van der Waals surface area contributed by atoms with Gasteiger partial charge in [-0.1, -0.05) is 42.5 Å². The summed E-state index contributed by atoms with van der Waals surface area (Å²) in [6.45, 7) is 0. The molecular formula is C21H16F3N3O2. The number of hydrogen-bond donors (Lipinski definition) is 2. The van der Waals surface area contributed by atoms with Gasteiger partial charge in [-0.3, -0.25) is 9.59 Å². The standard InChI is InChI=1S/C21H16F3N3O2/c22-21(23,24)15-8-6-14(7-9-15)20(10-11-20)27-19(29)16-12-17(28)26-18(25-16)13-4-2-1-3-5-13/h1-9,12H,10-11H2,(H,27,29)(H,25,26,28). The van der Waals surface area contributed by atoms with Gasteiger partial charge in [0, 0.05) is 11.6 Å². The van der Waals surface area contributed by atoms with Crippen molar-refractivity contribution in [1.29, 1.82) is 0 Å². The highest BCUT2D eigenvalue weighted by Gasteiger charge is 2.46. The zero-order valence-corrected chi connectivity index (χ0v) is 15.1. The van der Waals surface area contributed by atoms with Crippen LogP contribution < -0.4 is 10.9 Å². The Kier molecular flexibility index (Phi) is 4.49. The minimum Gasteiger partial charge on any atom is -0.341 e. The van der Waals surface area contributed by atoms with Crippen LogP contribution in [0.5, 0.6) is 0 Å². The number of rotatable bonds is 4. The Hall–Kier alpha value is -3.42. The van der Waals surface area contributed by atoms with Crippen LogP contribution in [0.3, 0.4) is 0 Å². The lowest BCUT2D eigenvalue weighted by Crippen LogP contribution is -2.36. The molecule has 148 valence electrons. The highest BCUT2D eigenvalue weighted by molar-refractivity contribution is 5.93. The third-order valence-electron chi connectivity index (χ3n) is 4.89. The molecule has 1 saturated carbocycles. The summed E-state index contributed by atoms with van der Waals surface area (Å²) in [5.41, 5.74) is -0.755. The summed E-state index contributed by atoms with van der Waals surface area (Å²) in [6, 6.07) is 14.7. The predicted octanol–water partition coefficient (Wildman–Crippen LogP) is 3.87.